The second-order valence-electron chi connectivity index (χ2n) is 5.37. The van der Waals surface area contributed by atoms with Gasteiger partial charge in [-0.05, 0) is 30.5 Å². The van der Waals surface area contributed by atoms with Crippen molar-refractivity contribution in [2.45, 2.75) is 32.2 Å². The van der Waals surface area contributed by atoms with Gasteiger partial charge in [0.1, 0.15) is 6.04 Å². The summed E-state index contributed by atoms with van der Waals surface area (Å²) < 4.78 is 0. The Hall–Kier alpha value is -2.37. The van der Waals surface area contributed by atoms with E-state index in [1.165, 1.54) is 6.92 Å². The first-order valence-electron chi connectivity index (χ1n) is 6.93. The first-order chi connectivity index (χ1) is 9.95. The van der Waals surface area contributed by atoms with Crippen LogP contribution in [-0.4, -0.2) is 23.8 Å². The number of nitrogens with two attached hydrogens (primary N) is 1. The smallest absolute Gasteiger partial charge is 0.252 e. The number of carbonyl (C=O) groups excluding carboxylic acids is 3. The molecule has 0 aromatic heterocycles. The number of hydrogen-bond donors (Lipinski definition) is 3. The molecule has 0 spiro atoms. The Morgan fingerprint density at radius 3 is 2.62 bits per heavy atom. The minimum atomic E-state index is -0.644. The van der Waals surface area contributed by atoms with Gasteiger partial charge in [-0.3, -0.25) is 14.4 Å². The van der Waals surface area contributed by atoms with E-state index in [0.29, 0.717) is 23.6 Å². The molecule has 0 saturated heterocycles. The highest BCUT2D eigenvalue weighted by atomic mass is 16.2. The second-order valence-corrected chi connectivity index (χ2v) is 5.37. The molecule has 2 rings (SSSR count). The Balaban J connectivity index is 2.03. The quantitative estimate of drug-likeness (QED) is 0.729. The van der Waals surface area contributed by atoms with Crippen molar-refractivity contribution in [2.24, 2.45) is 11.7 Å². The lowest BCUT2D eigenvalue weighted by molar-refractivity contribution is -0.120. The van der Waals surface area contributed by atoms with E-state index in [4.69, 9.17) is 5.73 Å². The fourth-order valence-electron chi connectivity index (χ4n) is 2.12. The predicted octanol–water partition coefficient (Wildman–Crippen LogP) is 1.03. The van der Waals surface area contributed by atoms with Crippen LogP contribution in [0, 0.1) is 5.92 Å². The van der Waals surface area contributed by atoms with E-state index in [1.54, 1.807) is 24.3 Å². The molecule has 21 heavy (non-hydrogen) atoms. The molecule has 0 radical (unpaired) electrons. The minimum Gasteiger partial charge on any atom is -0.368 e. The summed E-state index contributed by atoms with van der Waals surface area (Å²) in [5.74, 6) is -0.621. The molecule has 3 amide bonds. The van der Waals surface area contributed by atoms with Crippen molar-refractivity contribution in [3.8, 4) is 0 Å². The normalized spacial score (nSPS) is 15.1. The fraction of sp³-hybridized carbons (Fsp3) is 0.400. The van der Waals surface area contributed by atoms with Gasteiger partial charge in [0, 0.05) is 18.2 Å². The maximum absolute atomic E-state index is 12.2. The van der Waals surface area contributed by atoms with Crippen molar-refractivity contribution in [2.75, 3.05) is 5.32 Å². The van der Waals surface area contributed by atoms with Crippen LogP contribution in [0.4, 0.5) is 5.69 Å². The molecule has 6 heteroatoms. The zero-order valence-corrected chi connectivity index (χ0v) is 11.9. The Bertz CT molecular complexity index is 567. The van der Waals surface area contributed by atoms with Crippen LogP contribution >= 0.6 is 0 Å². The molecule has 1 aliphatic rings. The van der Waals surface area contributed by atoms with Crippen LogP contribution in [0.5, 0.6) is 0 Å². The number of amides is 3. The van der Waals surface area contributed by atoms with Crippen molar-refractivity contribution in [3.63, 3.8) is 0 Å². The summed E-state index contributed by atoms with van der Waals surface area (Å²) in [5.41, 5.74) is 6.24. The molecule has 0 unspecified atom stereocenters. The van der Waals surface area contributed by atoms with Crippen LogP contribution in [0.1, 0.15) is 36.5 Å². The number of anilines is 1. The third kappa shape index (κ3) is 4.59. The summed E-state index contributed by atoms with van der Waals surface area (Å²) in [6.45, 7) is 1.39. The maximum Gasteiger partial charge on any atom is 0.252 e. The number of carbonyl (C=O) groups is 3. The van der Waals surface area contributed by atoms with Crippen LogP contribution in [0.25, 0.3) is 0 Å². The van der Waals surface area contributed by atoms with Crippen LogP contribution in [0.15, 0.2) is 24.3 Å². The lowest BCUT2D eigenvalue weighted by Gasteiger charge is -2.15. The summed E-state index contributed by atoms with van der Waals surface area (Å²) >= 11 is 0. The SMILES string of the molecule is CC(=O)Nc1cccc(C(=O)N[C@H](CC2CC2)C(N)=O)c1. The molecule has 1 aromatic rings. The minimum absolute atomic E-state index is 0.212. The van der Waals surface area contributed by atoms with Crippen molar-refractivity contribution < 1.29 is 14.4 Å². The van der Waals surface area contributed by atoms with Crippen LogP contribution in [0.2, 0.25) is 0 Å². The van der Waals surface area contributed by atoms with Gasteiger partial charge in [0.15, 0.2) is 0 Å². The van der Waals surface area contributed by atoms with E-state index in [-0.39, 0.29) is 11.8 Å². The highest BCUT2D eigenvalue weighted by Crippen LogP contribution is 2.33. The van der Waals surface area contributed by atoms with E-state index in [1.807, 2.05) is 0 Å². The monoisotopic (exact) mass is 289 g/mol. The van der Waals surface area contributed by atoms with E-state index in [2.05, 4.69) is 10.6 Å². The molecular weight excluding hydrogens is 270 g/mol. The average Bonchev–Trinajstić information content (AvgIpc) is 3.21. The molecule has 1 aromatic carbocycles. The van der Waals surface area contributed by atoms with Crippen LogP contribution in [-0.2, 0) is 9.59 Å². The van der Waals surface area contributed by atoms with Gasteiger partial charge in [-0.2, -0.15) is 0 Å². The Labute approximate surface area is 123 Å². The first-order valence-corrected chi connectivity index (χ1v) is 6.93. The molecule has 0 bridgehead atoms. The molecule has 0 heterocycles. The third-order valence-corrected chi connectivity index (χ3v) is 3.36. The molecule has 112 valence electrons. The summed E-state index contributed by atoms with van der Waals surface area (Å²) in [7, 11) is 0. The summed E-state index contributed by atoms with van der Waals surface area (Å²) in [6, 6.07) is 5.89. The number of rotatable bonds is 6. The van der Waals surface area contributed by atoms with Crippen molar-refractivity contribution in [3.05, 3.63) is 29.8 Å². The summed E-state index contributed by atoms with van der Waals surface area (Å²) in [6.07, 6.45) is 2.75. The van der Waals surface area contributed by atoms with E-state index >= 15 is 0 Å². The zero-order chi connectivity index (χ0) is 15.4. The van der Waals surface area contributed by atoms with Crippen molar-refractivity contribution in [1.82, 2.24) is 5.32 Å². The Morgan fingerprint density at radius 2 is 2.05 bits per heavy atom. The maximum atomic E-state index is 12.2. The van der Waals surface area contributed by atoms with Gasteiger partial charge in [0.2, 0.25) is 11.8 Å². The van der Waals surface area contributed by atoms with Gasteiger partial charge < -0.3 is 16.4 Å². The van der Waals surface area contributed by atoms with Crippen LogP contribution in [0.3, 0.4) is 0 Å². The standard InChI is InChI=1S/C15H19N3O3/c1-9(19)17-12-4-2-3-11(8-12)15(21)18-13(14(16)20)7-10-5-6-10/h2-4,8,10,13H,5-7H2,1H3,(H2,16,20)(H,17,19)(H,18,21)/t13-/m1/s1. The lowest BCUT2D eigenvalue weighted by atomic mass is 10.1. The predicted molar refractivity (Wildman–Crippen MR) is 78.5 cm³/mol. The van der Waals surface area contributed by atoms with Gasteiger partial charge >= 0.3 is 0 Å². The highest BCUT2D eigenvalue weighted by Gasteiger charge is 2.29. The number of nitrogens with one attached hydrogen (secondary N) is 2. The molecule has 4 N–H and O–H groups in total. The van der Waals surface area contributed by atoms with Gasteiger partial charge in [-0.1, -0.05) is 18.9 Å². The largest absolute Gasteiger partial charge is 0.368 e. The highest BCUT2D eigenvalue weighted by molar-refractivity contribution is 5.99. The van der Waals surface area contributed by atoms with Gasteiger partial charge in [-0.25, -0.2) is 0 Å². The molecule has 1 saturated carbocycles. The Morgan fingerprint density at radius 1 is 1.33 bits per heavy atom. The van der Waals surface area contributed by atoms with Crippen LogP contribution < -0.4 is 16.4 Å². The molecule has 0 aliphatic heterocycles. The van der Waals surface area contributed by atoms with E-state index in [0.717, 1.165) is 12.8 Å². The van der Waals surface area contributed by atoms with E-state index < -0.39 is 11.9 Å². The topological polar surface area (TPSA) is 101 Å². The molecule has 1 fully saturated rings. The summed E-state index contributed by atoms with van der Waals surface area (Å²) in [4.78, 5) is 34.6. The van der Waals surface area contributed by atoms with Gasteiger partial charge in [-0.15, -0.1) is 0 Å². The first kappa shape index (κ1) is 15.0. The Kier molecular flexibility index (Phi) is 4.57. The van der Waals surface area contributed by atoms with Gasteiger partial charge in [0.05, 0.1) is 0 Å². The molecular formula is C15H19N3O3. The number of primary amides is 1. The van der Waals surface area contributed by atoms with Crippen molar-refractivity contribution >= 4 is 23.4 Å². The molecule has 6 nitrogen and oxygen atoms in total. The third-order valence-electron chi connectivity index (χ3n) is 3.36. The summed E-state index contributed by atoms with van der Waals surface area (Å²) in [5, 5.41) is 5.27. The average molecular weight is 289 g/mol. The van der Waals surface area contributed by atoms with Gasteiger partial charge in [0.25, 0.3) is 5.91 Å². The fourth-order valence-corrected chi connectivity index (χ4v) is 2.12. The second kappa shape index (κ2) is 6.39. The number of hydrogen-bond acceptors (Lipinski definition) is 3. The van der Waals surface area contributed by atoms with Crippen molar-refractivity contribution in [1.29, 1.82) is 0 Å². The van der Waals surface area contributed by atoms with E-state index in [9.17, 15) is 14.4 Å². The number of benzene rings is 1. The molecule has 1 aliphatic carbocycles. The lowest BCUT2D eigenvalue weighted by Crippen LogP contribution is -2.44. The zero-order valence-electron chi connectivity index (χ0n) is 11.9. The molecule has 1 atom stereocenters.